The van der Waals surface area contributed by atoms with Crippen molar-refractivity contribution in [1.82, 2.24) is 0 Å². The number of fused-ring (bicyclic) bond motifs is 1. The monoisotopic (exact) mass is 356 g/mol. The third-order valence-corrected chi connectivity index (χ3v) is 4.78. The minimum absolute atomic E-state index is 0.316. The van der Waals surface area contributed by atoms with Gasteiger partial charge in [-0.3, -0.25) is 0 Å². The summed E-state index contributed by atoms with van der Waals surface area (Å²) >= 11 is 0. The lowest BCUT2D eigenvalue weighted by molar-refractivity contribution is 0.172. The summed E-state index contributed by atoms with van der Waals surface area (Å²) in [5.41, 5.74) is 7.34. The summed E-state index contributed by atoms with van der Waals surface area (Å²) in [6, 6.07) is 10.5. The first kappa shape index (κ1) is 20.5. The second-order valence-electron chi connectivity index (χ2n) is 6.55. The Hall–Kier alpha value is -1.84. The van der Waals surface area contributed by atoms with E-state index in [1.807, 2.05) is 13.8 Å². The van der Waals surface area contributed by atoms with Crippen molar-refractivity contribution in [2.45, 2.75) is 53.1 Å². The maximum Gasteiger partial charge on any atom is 0.119 e. The van der Waals surface area contributed by atoms with Crippen LogP contribution in [0.1, 0.15) is 55.0 Å². The number of hydrogen-bond donors (Lipinski definition) is 1. The van der Waals surface area contributed by atoms with Crippen LogP contribution in [0.15, 0.2) is 30.3 Å². The first-order valence-electron chi connectivity index (χ1n) is 9.65. The lowest BCUT2D eigenvalue weighted by atomic mass is 9.90. The largest absolute Gasteiger partial charge is 0.493 e. The van der Waals surface area contributed by atoms with Crippen molar-refractivity contribution in [2.24, 2.45) is 0 Å². The Labute approximate surface area is 158 Å². The number of rotatable bonds is 6. The number of benzene rings is 2. The van der Waals surface area contributed by atoms with E-state index in [1.54, 1.807) is 7.11 Å². The molecule has 1 aliphatic rings. The minimum Gasteiger partial charge on any atom is -0.493 e. The van der Waals surface area contributed by atoms with Gasteiger partial charge < -0.3 is 14.6 Å². The van der Waals surface area contributed by atoms with Crippen LogP contribution in [0.25, 0.3) is 11.1 Å². The van der Waals surface area contributed by atoms with E-state index in [0.717, 1.165) is 30.6 Å². The van der Waals surface area contributed by atoms with Crippen LogP contribution >= 0.6 is 0 Å². The van der Waals surface area contributed by atoms with E-state index in [1.165, 1.54) is 27.8 Å². The smallest absolute Gasteiger partial charge is 0.119 e. The molecule has 0 saturated heterocycles. The number of aliphatic hydroxyl groups excluding tert-OH is 1. The van der Waals surface area contributed by atoms with Gasteiger partial charge in [0.25, 0.3) is 0 Å². The Morgan fingerprint density at radius 2 is 1.77 bits per heavy atom. The molecule has 2 aromatic carbocycles. The number of aryl methyl sites for hydroxylation is 2. The third kappa shape index (κ3) is 4.46. The molecule has 26 heavy (non-hydrogen) atoms. The van der Waals surface area contributed by atoms with Crippen molar-refractivity contribution in [3.05, 3.63) is 52.6 Å². The van der Waals surface area contributed by atoms with Crippen molar-refractivity contribution in [3.8, 4) is 16.9 Å². The van der Waals surface area contributed by atoms with Gasteiger partial charge in [-0.25, -0.2) is 0 Å². The Kier molecular flexibility index (Phi) is 7.67. The fourth-order valence-corrected chi connectivity index (χ4v) is 3.69. The van der Waals surface area contributed by atoms with Crippen molar-refractivity contribution < 1.29 is 14.6 Å². The van der Waals surface area contributed by atoms with Gasteiger partial charge in [0.2, 0.25) is 0 Å². The molecule has 0 aromatic heterocycles. The normalized spacial score (nSPS) is 15.2. The van der Waals surface area contributed by atoms with Crippen molar-refractivity contribution in [2.75, 3.05) is 20.3 Å². The zero-order valence-corrected chi connectivity index (χ0v) is 16.8. The van der Waals surface area contributed by atoms with Gasteiger partial charge in [0.15, 0.2) is 0 Å². The van der Waals surface area contributed by atoms with Gasteiger partial charge in [0, 0.05) is 20.1 Å². The summed E-state index contributed by atoms with van der Waals surface area (Å²) in [7, 11) is 1.71. The van der Waals surface area contributed by atoms with Crippen LogP contribution in [-0.4, -0.2) is 25.4 Å². The summed E-state index contributed by atoms with van der Waals surface area (Å²) in [6.45, 7) is 9.65. The Balaban J connectivity index is 0.00000117. The fraction of sp³-hybridized carbons (Fsp3) is 0.478. The molecule has 1 atom stereocenters. The first-order chi connectivity index (χ1) is 12.6. The van der Waals surface area contributed by atoms with Gasteiger partial charge in [-0.05, 0) is 72.2 Å². The highest BCUT2D eigenvalue weighted by atomic mass is 16.5. The summed E-state index contributed by atoms with van der Waals surface area (Å²) in [5.74, 6) is 0.914. The lowest BCUT2D eigenvalue weighted by Crippen LogP contribution is -2.02. The molecule has 1 N–H and O–H groups in total. The van der Waals surface area contributed by atoms with E-state index in [2.05, 4.69) is 44.2 Å². The van der Waals surface area contributed by atoms with Crippen LogP contribution in [0.2, 0.25) is 0 Å². The standard InChI is InChI=1S/C21H26O3.C2H6/c1-14-12-16(24-11-5-10-23-3)13-15(2)21(14)19-7-4-6-18-17(19)8-9-20(18)22;1-2/h4,6-7,12-13,20,22H,5,8-11H2,1-3H3;1-2H3. The molecule has 0 radical (unpaired) electrons. The molecule has 0 aliphatic heterocycles. The topological polar surface area (TPSA) is 38.7 Å². The maximum absolute atomic E-state index is 10.1. The number of hydrogen-bond acceptors (Lipinski definition) is 3. The predicted octanol–water partition coefficient (Wildman–Crippen LogP) is 5.39. The second kappa shape index (κ2) is 9.75. The predicted molar refractivity (Wildman–Crippen MR) is 108 cm³/mol. The molecule has 142 valence electrons. The molecule has 3 rings (SSSR count). The van der Waals surface area contributed by atoms with E-state index in [-0.39, 0.29) is 6.10 Å². The number of ether oxygens (including phenoxy) is 2. The zero-order chi connectivity index (χ0) is 19.1. The van der Waals surface area contributed by atoms with Gasteiger partial charge >= 0.3 is 0 Å². The lowest BCUT2D eigenvalue weighted by Gasteiger charge is -2.17. The summed E-state index contributed by atoms with van der Waals surface area (Å²) in [6.07, 6.45) is 2.34. The fourth-order valence-electron chi connectivity index (χ4n) is 3.69. The van der Waals surface area contributed by atoms with Crippen LogP contribution in [0.3, 0.4) is 0 Å². The van der Waals surface area contributed by atoms with Crippen molar-refractivity contribution in [3.63, 3.8) is 0 Å². The van der Waals surface area contributed by atoms with E-state index < -0.39 is 0 Å². The quantitative estimate of drug-likeness (QED) is 0.705. The van der Waals surface area contributed by atoms with Gasteiger partial charge in [0.1, 0.15) is 5.75 Å². The van der Waals surface area contributed by atoms with E-state index >= 15 is 0 Å². The number of aliphatic hydroxyl groups is 1. The average Bonchev–Trinajstić information content (AvgIpc) is 3.02. The maximum atomic E-state index is 10.1. The molecule has 1 aliphatic carbocycles. The first-order valence-corrected chi connectivity index (χ1v) is 9.65. The van der Waals surface area contributed by atoms with E-state index in [4.69, 9.17) is 9.47 Å². The zero-order valence-electron chi connectivity index (χ0n) is 16.8. The van der Waals surface area contributed by atoms with Crippen LogP contribution in [0.5, 0.6) is 5.75 Å². The van der Waals surface area contributed by atoms with Crippen molar-refractivity contribution in [1.29, 1.82) is 0 Å². The SMILES string of the molecule is CC.COCCCOc1cc(C)c(-c2cccc3c2CCC3O)c(C)c1. The van der Waals surface area contributed by atoms with Gasteiger partial charge in [-0.15, -0.1) is 0 Å². The summed E-state index contributed by atoms with van der Waals surface area (Å²) < 4.78 is 10.9. The van der Waals surface area contributed by atoms with Crippen LogP contribution in [0.4, 0.5) is 0 Å². The Bertz CT molecular complexity index is 698. The molecule has 2 aromatic rings. The average molecular weight is 357 g/mol. The molecule has 3 nitrogen and oxygen atoms in total. The van der Waals surface area contributed by atoms with Gasteiger partial charge in [-0.2, -0.15) is 0 Å². The minimum atomic E-state index is -0.316. The second-order valence-corrected chi connectivity index (χ2v) is 6.55. The van der Waals surface area contributed by atoms with Gasteiger partial charge in [0.05, 0.1) is 12.7 Å². The molecule has 1 unspecified atom stereocenters. The highest BCUT2D eigenvalue weighted by Gasteiger charge is 2.24. The molecule has 0 spiro atoms. The van der Waals surface area contributed by atoms with Crippen molar-refractivity contribution >= 4 is 0 Å². The van der Waals surface area contributed by atoms with Crippen LogP contribution < -0.4 is 4.74 Å². The highest BCUT2D eigenvalue weighted by molar-refractivity contribution is 5.76. The summed E-state index contributed by atoms with van der Waals surface area (Å²) in [4.78, 5) is 0. The molecule has 3 heteroatoms. The van der Waals surface area contributed by atoms with Crippen LogP contribution in [0, 0.1) is 13.8 Å². The molecule has 0 amide bonds. The summed E-state index contributed by atoms with van der Waals surface area (Å²) in [5, 5.41) is 10.1. The van der Waals surface area contributed by atoms with Gasteiger partial charge in [-0.1, -0.05) is 32.0 Å². The Morgan fingerprint density at radius 3 is 2.42 bits per heavy atom. The molecular weight excluding hydrogens is 324 g/mol. The molecule has 0 heterocycles. The van der Waals surface area contributed by atoms with E-state index in [9.17, 15) is 5.11 Å². The highest BCUT2D eigenvalue weighted by Crippen LogP contribution is 2.40. The molecule has 0 saturated carbocycles. The van der Waals surface area contributed by atoms with E-state index in [0.29, 0.717) is 13.2 Å². The molecule has 0 fully saturated rings. The number of methoxy groups -OCH3 is 1. The third-order valence-electron chi connectivity index (χ3n) is 4.78. The molecular formula is C23H32O3. The molecule has 0 bridgehead atoms. The Morgan fingerprint density at radius 1 is 1.08 bits per heavy atom. The van der Waals surface area contributed by atoms with Crippen LogP contribution in [-0.2, 0) is 11.2 Å².